The number of benzene rings is 2. The normalized spacial score (nSPS) is 19.2. The summed E-state index contributed by atoms with van der Waals surface area (Å²) in [7, 11) is 0. The van der Waals surface area contributed by atoms with E-state index in [0.717, 1.165) is 16.8 Å². The summed E-state index contributed by atoms with van der Waals surface area (Å²) in [5.74, 6) is 0.514. The van der Waals surface area contributed by atoms with E-state index in [1.807, 2.05) is 13.0 Å². The van der Waals surface area contributed by atoms with Gasteiger partial charge in [0.2, 0.25) is 5.91 Å². The second kappa shape index (κ2) is 6.84. The van der Waals surface area contributed by atoms with E-state index in [9.17, 15) is 14.4 Å². The first-order valence-electron chi connectivity index (χ1n) is 10.1. The maximum atomic E-state index is 13.0. The number of carbonyl (C=O) groups excluding carboxylic acids is 3. The van der Waals surface area contributed by atoms with Gasteiger partial charge in [-0.25, -0.2) is 0 Å². The number of Topliss-reactive ketones (excluding diaryl/α,β-unsaturated/α-hetero) is 1. The lowest BCUT2D eigenvalue weighted by atomic mass is 9.82. The number of aryl methyl sites for hydroxylation is 1. The second-order valence-corrected chi connectivity index (χ2v) is 8.78. The number of nitrogens with one attached hydrogen (secondary N) is 1. The van der Waals surface area contributed by atoms with Crippen molar-refractivity contribution in [3.63, 3.8) is 0 Å². The van der Waals surface area contributed by atoms with Gasteiger partial charge in [-0.05, 0) is 48.4 Å². The van der Waals surface area contributed by atoms with E-state index in [1.54, 1.807) is 29.2 Å². The Morgan fingerprint density at radius 2 is 1.93 bits per heavy atom. The summed E-state index contributed by atoms with van der Waals surface area (Å²) in [5, 5.41) is 3.34. The summed E-state index contributed by atoms with van der Waals surface area (Å²) in [4.78, 5) is 39.1. The molecule has 0 atom stereocenters. The van der Waals surface area contributed by atoms with Crippen LogP contribution in [0.4, 0.5) is 5.69 Å². The van der Waals surface area contributed by atoms with Crippen LogP contribution in [0.15, 0.2) is 30.3 Å². The van der Waals surface area contributed by atoms with E-state index in [0.29, 0.717) is 60.7 Å². The molecular weight excluding hydrogens is 404 g/mol. The number of anilines is 1. The molecule has 2 aromatic rings. The smallest absolute Gasteiger partial charge is 0.253 e. The maximum absolute atomic E-state index is 13.0. The summed E-state index contributed by atoms with van der Waals surface area (Å²) in [6.45, 7) is 2.92. The number of fused-ring (bicyclic) bond motifs is 2. The van der Waals surface area contributed by atoms with Crippen LogP contribution >= 0.6 is 11.6 Å². The Kier molecular flexibility index (Phi) is 4.36. The van der Waals surface area contributed by atoms with Crippen LogP contribution in [-0.4, -0.2) is 41.2 Å². The maximum Gasteiger partial charge on any atom is 0.253 e. The van der Waals surface area contributed by atoms with Gasteiger partial charge in [0.15, 0.2) is 5.78 Å². The van der Waals surface area contributed by atoms with Crippen molar-refractivity contribution < 1.29 is 19.1 Å². The monoisotopic (exact) mass is 424 g/mol. The molecule has 1 spiro atoms. The van der Waals surface area contributed by atoms with Crippen molar-refractivity contribution in [1.82, 2.24) is 4.90 Å². The topological polar surface area (TPSA) is 75.7 Å². The van der Waals surface area contributed by atoms with E-state index in [1.165, 1.54) is 0 Å². The fourth-order valence-electron chi connectivity index (χ4n) is 4.56. The lowest BCUT2D eigenvalue weighted by Crippen LogP contribution is -2.52. The number of hydrogen-bond acceptors (Lipinski definition) is 4. The quantitative estimate of drug-likeness (QED) is 0.755. The minimum Gasteiger partial charge on any atom is -0.486 e. The first-order chi connectivity index (χ1) is 14.3. The van der Waals surface area contributed by atoms with Gasteiger partial charge in [0.1, 0.15) is 11.4 Å². The van der Waals surface area contributed by atoms with Crippen LogP contribution < -0.4 is 10.1 Å². The van der Waals surface area contributed by atoms with Gasteiger partial charge in [-0.2, -0.15) is 0 Å². The van der Waals surface area contributed by atoms with E-state index >= 15 is 0 Å². The van der Waals surface area contributed by atoms with Crippen LogP contribution in [0.1, 0.15) is 51.1 Å². The van der Waals surface area contributed by atoms with Gasteiger partial charge >= 0.3 is 0 Å². The highest BCUT2D eigenvalue weighted by atomic mass is 35.5. The third-order valence-electron chi connectivity index (χ3n) is 6.31. The molecule has 5 rings (SSSR count). The SMILES string of the molecule is Cc1cc2c(cc1Cl)C(=O)CC1(CCN(C(=O)c3ccc4c(c3)CC(=O)N4)CC1)O2. The summed E-state index contributed by atoms with van der Waals surface area (Å²) >= 11 is 6.17. The minimum atomic E-state index is -0.574. The average molecular weight is 425 g/mol. The Morgan fingerprint density at radius 1 is 1.17 bits per heavy atom. The molecule has 0 aromatic heterocycles. The van der Waals surface area contributed by atoms with Crippen molar-refractivity contribution in [1.29, 1.82) is 0 Å². The van der Waals surface area contributed by atoms with Crippen LogP contribution in [0, 0.1) is 6.92 Å². The zero-order valence-electron chi connectivity index (χ0n) is 16.6. The van der Waals surface area contributed by atoms with E-state index in [-0.39, 0.29) is 17.6 Å². The first kappa shape index (κ1) is 19.1. The zero-order chi connectivity index (χ0) is 21.0. The average Bonchev–Trinajstić information content (AvgIpc) is 3.09. The standard InChI is InChI=1S/C23H21ClN2O4/c1-13-8-20-16(11-17(13)24)19(27)12-23(30-20)4-6-26(7-5-23)22(29)14-2-3-18-15(9-14)10-21(28)25-18/h2-3,8-9,11H,4-7,10,12H2,1H3,(H,25,28). The Hall–Kier alpha value is -2.86. The number of carbonyl (C=O) groups is 3. The molecule has 0 radical (unpaired) electrons. The van der Waals surface area contributed by atoms with Gasteiger partial charge in [-0.1, -0.05) is 11.6 Å². The molecule has 0 saturated carbocycles. The van der Waals surface area contributed by atoms with Gasteiger partial charge in [0.25, 0.3) is 5.91 Å². The predicted octanol–water partition coefficient (Wildman–Crippen LogP) is 3.78. The molecule has 154 valence electrons. The van der Waals surface area contributed by atoms with Gasteiger partial charge in [-0.15, -0.1) is 0 Å². The van der Waals surface area contributed by atoms with Crippen LogP contribution in [0.5, 0.6) is 5.75 Å². The number of amides is 2. The molecule has 6 nitrogen and oxygen atoms in total. The highest BCUT2D eigenvalue weighted by molar-refractivity contribution is 6.31. The number of likely N-dealkylation sites (tertiary alicyclic amines) is 1. The highest BCUT2D eigenvalue weighted by Crippen LogP contribution is 2.41. The molecule has 30 heavy (non-hydrogen) atoms. The number of rotatable bonds is 1. The fraction of sp³-hybridized carbons (Fsp3) is 0.348. The predicted molar refractivity (Wildman–Crippen MR) is 112 cm³/mol. The number of ether oxygens (including phenoxy) is 1. The van der Waals surface area contributed by atoms with Crippen molar-refractivity contribution in [3.8, 4) is 5.75 Å². The summed E-state index contributed by atoms with van der Waals surface area (Å²) in [6, 6.07) is 8.84. The molecule has 1 fully saturated rings. The molecule has 3 aliphatic rings. The Bertz CT molecular complexity index is 1100. The Balaban J connectivity index is 1.31. The molecule has 3 heterocycles. The number of nitrogens with zero attached hydrogens (tertiary/aromatic N) is 1. The van der Waals surface area contributed by atoms with Gasteiger partial charge in [-0.3, -0.25) is 14.4 Å². The van der Waals surface area contributed by atoms with E-state index in [4.69, 9.17) is 16.3 Å². The number of halogens is 1. The molecule has 2 aromatic carbocycles. The minimum absolute atomic E-state index is 0.0358. The number of ketones is 1. The summed E-state index contributed by atoms with van der Waals surface area (Å²) in [5.41, 5.74) is 3.05. The molecule has 1 saturated heterocycles. The lowest BCUT2D eigenvalue weighted by molar-refractivity contribution is -0.115. The fourth-order valence-corrected chi connectivity index (χ4v) is 4.72. The summed E-state index contributed by atoms with van der Waals surface area (Å²) in [6.07, 6.45) is 1.79. The van der Waals surface area contributed by atoms with E-state index in [2.05, 4.69) is 5.32 Å². The van der Waals surface area contributed by atoms with Crippen LogP contribution in [0.3, 0.4) is 0 Å². The highest BCUT2D eigenvalue weighted by Gasteiger charge is 2.44. The van der Waals surface area contributed by atoms with Crippen molar-refractivity contribution in [2.75, 3.05) is 18.4 Å². The largest absolute Gasteiger partial charge is 0.486 e. The Morgan fingerprint density at radius 3 is 2.70 bits per heavy atom. The molecule has 7 heteroatoms. The lowest BCUT2D eigenvalue weighted by Gasteiger charge is -2.44. The molecule has 3 aliphatic heterocycles. The third-order valence-corrected chi connectivity index (χ3v) is 6.72. The zero-order valence-corrected chi connectivity index (χ0v) is 17.3. The first-order valence-corrected chi connectivity index (χ1v) is 10.5. The molecule has 1 N–H and O–H groups in total. The molecule has 0 unspecified atom stereocenters. The van der Waals surface area contributed by atoms with Gasteiger partial charge in [0, 0.05) is 42.2 Å². The van der Waals surface area contributed by atoms with Crippen LogP contribution in [0.25, 0.3) is 0 Å². The molecule has 0 aliphatic carbocycles. The number of piperidine rings is 1. The van der Waals surface area contributed by atoms with Crippen molar-refractivity contribution in [2.24, 2.45) is 0 Å². The van der Waals surface area contributed by atoms with Crippen LogP contribution in [-0.2, 0) is 11.2 Å². The molecule has 2 amide bonds. The van der Waals surface area contributed by atoms with Crippen LogP contribution in [0.2, 0.25) is 5.02 Å². The van der Waals surface area contributed by atoms with Crippen molar-refractivity contribution >= 4 is 34.9 Å². The van der Waals surface area contributed by atoms with Crippen molar-refractivity contribution in [3.05, 3.63) is 57.6 Å². The molecular formula is C23H21ClN2O4. The van der Waals surface area contributed by atoms with Gasteiger partial charge < -0.3 is 15.0 Å². The second-order valence-electron chi connectivity index (χ2n) is 8.37. The Labute approximate surface area is 179 Å². The van der Waals surface area contributed by atoms with Gasteiger partial charge in [0.05, 0.1) is 18.4 Å². The third kappa shape index (κ3) is 3.16. The van der Waals surface area contributed by atoms with Crippen molar-refractivity contribution in [2.45, 2.75) is 38.2 Å². The van der Waals surface area contributed by atoms with E-state index < -0.39 is 5.60 Å². The summed E-state index contributed by atoms with van der Waals surface area (Å²) < 4.78 is 6.31. The molecule has 0 bridgehead atoms. The number of hydrogen-bond donors (Lipinski definition) is 1.